The summed E-state index contributed by atoms with van der Waals surface area (Å²) < 4.78 is 5.10. The van der Waals surface area contributed by atoms with Crippen molar-refractivity contribution in [3.05, 3.63) is 60.0 Å². The van der Waals surface area contributed by atoms with E-state index in [9.17, 15) is 4.79 Å². The molecule has 2 heterocycles. The first-order valence-corrected chi connectivity index (χ1v) is 6.74. The van der Waals surface area contributed by atoms with Crippen molar-refractivity contribution in [1.82, 2.24) is 20.3 Å². The van der Waals surface area contributed by atoms with Crippen LogP contribution in [0.1, 0.15) is 15.9 Å². The lowest BCUT2D eigenvalue weighted by Crippen LogP contribution is -2.22. The summed E-state index contributed by atoms with van der Waals surface area (Å²) in [5, 5.41) is 2.85. The van der Waals surface area contributed by atoms with Crippen molar-refractivity contribution in [2.75, 3.05) is 7.11 Å². The third-order valence-electron chi connectivity index (χ3n) is 3.20. The fourth-order valence-corrected chi connectivity index (χ4v) is 2.01. The summed E-state index contributed by atoms with van der Waals surface area (Å²) in [5.41, 5.74) is 2.57. The third-order valence-corrected chi connectivity index (χ3v) is 3.20. The zero-order valence-electron chi connectivity index (χ0n) is 12.0. The molecule has 110 valence electrons. The van der Waals surface area contributed by atoms with Gasteiger partial charge >= 0.3 is 0 Å². The van der Waals surface area contributed by atoms with Crippen molar-refractivity contribution in [1.29, 1.82) is 0 Å². The van der Waals surface area contributed by atoms with Gasteiger partial charge < -0.3 is 10.1 Å². The Balaban J connectivity index is 1.69. The van der Waals surface area contributed by atoms with Crippen LogP contribution in [-0.4, -0.2) is 28.0 Å². The van der Waals surface area contributed by atoms with E-state index in [0.717, 1.165) is 11.3 Å². The second-order valence-corrected chi connectivity index (χ2v) is 4.65. The summed E-state index contributed by atoms with van der Waals surface area (Å²) in [5.74, 6) is 0.586. The second kappa shape index (κ2) is 6.17. The first-order valence-electron chi connectivity index (χ1n) is 6.74. The Morgan fingerprint density at radius 2 is 1.91 bits per heavy atom. The summed E-state index contributed by atoms with van der Waals surface area (Å²) >= 11 is 0. The molecular formula is C16H14N4O2. The quantitative estimate of drug-likeness (QED) is 0.796. The zero-order chi connectivity index (χ0) is 15.4. The Morgan fingerprint density at radius 1 is 1.14 bits per heavy atom. The number of benzene rings is 1. The molecule has 6 nitrogen and oxygen atoms in total. The van der Waals surface area contributed by atoms with Gasteiger partial charge in [0.2, 0.25) is 0 Å². The van der Waals surface area contributed by atoms with Gasteiger partial charge in [0.05, 0.1) is 12.7 Å². The molecule has 1 amide bonds. The molecule has 0 aliphatic rings. The topological polar surface area (TPSA) is 77.0 Å². The SMILES string of the molecule is COc1ccc(CNC(=O)c2cnc3nccnc3c2)cc1. The van der Waals surface area contributed by atoms with Crippen LogP contribution in [0, 0.1) is 0 Å². The number of aromatic nitrogens is 3. The number of nitrogens with zero attached hydrogens (tertiary/aromatic N) is 3. The van der Waals surface area contributed by atoms with Crippen LogP contribution in [0.3, 0.4) is 0 Å². The van der Waals surface area contributed by atoms with Gasteiger partial charge in [-0.25, -0.2) is 9.97 Å². The van der Waals surface area contributed by atoms with Crippen molar-refractivity contribution < 1.29 is 9.53 Å². The van der Waals surface area contributed by atoms with Crippen LogP contribution in [0.25, 0.3) is 11.2 Å². The van der Waals surface area contributed by atoms with E-state index in [1.807, 2.05) is 24.3 Å². The lowest BCUT2D eigenvalue weighted by molar-refractivity contribution is 0.0950. The molecular weight excluding hydrogens is 280 g/mol. The van der Waals surface area contributed by atoms with E-state index in [2.05, 4.69) is 20.3 Å². The van der Waals surface area contributed by atoms with Crippen molar-refractivity contribution in [3.63, 3.8) is 0 Å². The Morgan fingerprint density at radius 3 is 2.68 bits per heavy atom. The Labute approximate surface area is 127 Å². The highest BCUT2D eigenvalue weighted by Gasteiger charge is 2.08. The molecule has 0 atom stereocenters. The Kier molecular flexibility index (Phi) is 3.91. The average molecular weight is 294 g/mol. The first-order chi connectivity index (χ1) is 10.8. The molecule has 3 aromatic rings. The van der Waals surface area contributed by atoms with E-state index in [4.69, 9.17) is 4.74 Å². The van der Waals surface area contributed by atoms with Gasteiger partial charge in [0.25, 0.3) is 5.91 Å². The van der Waals surface area contributed by atoms with Crippen LogP contribution in [0.4, 0.5) is 0 Å². The molecule has 0 radical (unpaired) electrons. The van der Waals surface area contributed by atoms with Crippen LogP contribution in [-0.2, 0) is 6.54 Å². The molecule has 0 unspecified atom stereocenters. The summed E-state index contributed by atoms with van der Waals surface area (Å²) in [6.07, 6.45) is 4.64. The highest BCUT2D eigenvalue weighted by Crippen LogP contribution is 2.11. The Bertz CT molecular complexity index is 803. The van der Waals surface area contributed by atoms with Gasteiger partial charge in [0.15, 0.2) is 5.65 Å². The number of hydrogen-bond acceptors (Lipinski definition) is 5. The molecule has 6 heteroatoms. The van der Waals surface area contributed by atoms with Crippen LogP contribution in [0.15, 0.2) is 48.9 Å². The molecule has 0 bridgehead atoms. The number of amides is 1. The number of ether oxygens (including phenoxy) is 1. The van der Waals surface area contributed by atoms with E-state index in [1.165, 1.54) is 6.20 Å². The summed E-state index contributed by atoms with van der Waals surface area (Å²) in [7, 11) is 1.62. The fraction of sp³-hybridized carbons (Fsp3) is 0.125. The highest BCUT2D eigenvalue weighted by atomic mass is 16.5. The number of methoxy groups -OCH3 is 1. The normalized spacial score (nSPS) is 10.4. The largest absolute Gasteiger partial charge is 0.497 e. The number of pyridine rings is 1. The number of rotatable bonds is 4. The molecule has 0 aliphatic heterocycles. The van der Waals surface area contributed by atoms with Crippen molar-refractivity contribution >= 4 is 17.1 Å². The van der Waals surface area contributed by atoms with E-state index < -0.39 is 0 Å². The van der Waals surface area contributed by atoms with Gasteiger partial charge in [-0.15, -0.1) is 0 Å². The minimum atomic E-state index is -0.198. The van der Waals surface area contributed by atoms with Crippen molar-refractivity contribution in [3.8, 4) is 5.75 Å². The molecule has 0 fully saturated rings. The second-order valence-electron chi connectivity index (χ2n) is 4.65. The maximum absolute atomic E-state index is 12.2. The molecule has 0 saturated carbocycles. The van der Waals surface area contributed by atoms with Gasteiger partial charge in [-0.05, 0) is 23.8 Å². The molecule has 22 heavy (non-hydrogen) atoms. The fourth-order valence-electron chi connectivity index (χ4n) is 2.01. The number of nitrogens with one attached hydrogen (secondary N) is 1. The summed E-state index contributed by atoms with van der Waals surface area (Å²) in [4.78, 5) is 24.5. The monoisotopic (exact) mass is 294 g/mol. The van der Waals surface area contributed by atoms with E-state index >= 15 is 0 Å². The van der Waals surface area contributed by atoms with Gasteiger partial charge in [-0.3, -0.25) is 9.78 Å². The average Bonchev–Trinajstić information content (AvgIpc) is 2.59. The minimum absolute atomic E-state index is 0.198. The molecule has 2 aromatic heterocycles. The molecule has 1 N–H and O–H groups in total. The van der Waals surface area contributed by atoms with Crippen molar-refractivity contribution in [2.24, 2.45) is 0 Å². The van der Waals surface area contributed by atoms with Gasteiger partial charge in [0.1, 0.15) is 11.3 Å². The summed E-state index contributed by atoms with van der Waals surface area (Å²) in [6.45, 7) is 0.432. The van der Waals surface area contributed by atoms with Crippen LogP contribution in [0.2, 0.25) is 0 Å². The van der Waals surface area contributed by atoms with E-state index in [-0.39, 0.29) is 5.91 Å². The predicted octanol–water partition coefficient (Wildman–Crippen LogP) is 1.96. The first kappa shape index (κ1) is 13.9. The molecule has 1 aromatic carbocycles. The number of carbonyl (C=O) groups is 1. The molecule has 0 spiro atoms. The molecule has 0 saturated heterocycles. The highest BCUT2D eigenvalue weighted by molar-refractivity contribution is 5.96. The lowest BCUT2D eigenvalue weighted by Gasteiger charge is -2.06. The van der Waals surface area contributed by atoms with Gasteiger partial charge in [-0.1, -0.05) is 12.1 Å². The van der Waals surface area contributed by atoms with Gasteiger partial charge in [-0.2, -0.15) is 0 Å². The van der Waals surface area contributed by atoms with Crippen LogP contribution >= 0.6 is 0 Å². The number of hydrogen-bond donors (Lipinski definition) is 1. The predicted molar refractivity (Wildman–Crippen MR) is 81.5 cm³/mol. The maximum Gasteiger partial charge on any atom is 0.253 e. The van der Waals surface area contributed by atoms with E-state index in [0.29, 0.717) is 23.3 Å². The number of fused-ring (bicyclic) bond motifs is 1. The van der Waals surface area contributed by atoms with Crippen LogP contribution < -0.4 is 10.1 Å². The van der Waals surface area contributed by atoms with Crippen molar-refractivity contribution in [2.45, 2.75) is 6.54 Å². The number of carbonyl (C=O) groups excluding carboxylic acids is 1. The smallest absolute Gasteiger partial charge is 0.253 e. The third kappa shape index (κ3) is 3.01. The molecule has 3 rings (SSSR count). The van der Waals surface area contributed by atoms with Crippen LogP contribution in [0.5, 0.6) is 5.75 Å². The zero-order valence-corrected chi connectivity index (χ0v) is 12.0. The van der Waals surface area contributed by atoms with Gasteiger partial charge in [0, 0.05) is 25.1 Å². The maximum atomic E-state index is 12.2. The summed E-state index contributed by atoms with van der Waals surface area (Å²) in [6, 6.07) is 9.20. The van der Waals surface area contributed by atoms with E-state index in [1.54, 1.807) is 25.6 Å². The lowest BCUT2D eigenvalue weighted by atomic mass is 10.2. The molecule has 0 aliphatic carbocycles. The Hall–Kier alpha value is -3.02. The standard InChI is InChI=1S/C16H14N4O2/c1-22-13-4-2-11(3-5-13)9-20-16(21)12-8-14-15(19-10-12)18-7-6-17-14/h2-8,10H,9H2,1H3,(H,20,21). The minimum Gasteiger partial charge on any atom is -0.497 e.